The van der Waals surface area contributed by atoms with Gasteiger partial charge in [0.1, 0.15) is 17.7 Å². The highest BCUT2D eigenvalue weighted by atomic mass is 16.6. The summed E-state index contributed by atoms with van der Waals surface area (Å²) in [6.45, 7) is 8.44. The summed E-state index contributed by atoms with van der Waals surface area (Å²) in [6.07, 6.45) is 3.24. The van der Waals surface area contributed by atoms with Crippen LogP contribution in [0.25, 0.3) is 0 Å². The Morgan fingerprint density at radius 1 is 1.34 bits per heavy atom. The molecular formula is C25H36N2O5. The molecule has 1 saturated carbocycles. The first-order valence-corrected chi connectivity index (χ1v) is 11.8. The maximum atomic E-state index is 12.7. The Balaban J connectivity index is 1.56. The molecule has 1 saturated heterocycles. The van der Waals surface area contributed by atoms with Crippen molar-refractivity contribution in [3.8, 4) is 11.5 Å². The topological polar surface area (TPSA) is 80.3 Å². The summed E-state index contributed by atoms with van der Waals surface area (Å²) in [4.78, 5) is 15.1. The number of nitrogens with zero attached hydrogens (tertiary/aromatic N) is 1. The highest BCUT2D eigenvalue weighted by Gasteiger charge is 2.73. The van der Waals surface area contributed by atoms with Crippen LogP contribution in [0, 0.1) is 0 Å². The van der Waals surface area contributed by atoms with Gasteiger partial charge in [0.25, 0.3) is 0 Å². The number of carbonyl (C=O) groups excluding carboxylic acids is 1. The molecule has 0 unspecified atom stereocenters. The Labute approximate surface area is 190 Å². The van der Waals surface area contributed by atoms with Gasteiger partial charge < -0.3 is 24.2 Å². The van der Waals surface area contributed by atoms with E-state index in [9.17, 15) is 9.90 Å². The zero-order chi connectivity index (χ0) is 23.1. The van der Waals surface area contributed by atoms with E-state index in [1.54, 1.807) is 6.07 Å². The maximum Gasteiger partial charge on any atom is 0.323 e. The van der Waals surface area contributed by atoms with Crippen molar-refractivity contribution in [1.82, 2.24) is 10.2 Å². The first kappa shape index (κ1) is 22.0. The fraction of sp³-hybridized carbons (Fsp3) is 0.720. The van der Waals surface area contributed by atoms with Gasteiger partial charge in [-0.2, -0.15) is 0 Å². The van der Waals surface area contributed by atoms with Gasteiger partial charge in [0.15, 0.2) is 11.5 Å². The fourth-order valence-electron chi connectivity index (χ4n) is 7.09. The first-order valence-electron chi connectivity index (χ1n) is 11.8. The van der Waals surface area contributed by atoms with Crippen molar-refractivity contribution in [2.45, 2.75) is 94.2 Å². The van der Waals surface area contributed by atoms with Gasteiger partial charge in [-0.1, -0.05) is 6.07 Å². The third-order valence-corrected chi connectivity index (χ3v) is 8.28. The molecule has 2 N–H and O–H groups in total. The molecule has 5 rings (SSSR count). The molecule has 1 spiro atoms. The molecule has 2 bridgehead atoms. The number of nitrogens with one attached hydrogen (secondary N) is 1. The largest absolute Gasteiger partial charge is 0.504 e. The molecule has 4 aliphatic rings. The van der Waals surface area contributed by atoms with E-state index >= 15 is 0 Å². The summed E-state index contributed by atoms with van der Waals surface area (Å²) in [5.74, 6) is 0.534. The molecule has 6 atom stereocenters. The molecule has 176 valence electrons. The SMILES string of the molecule is CO[C@@]12CC[C@H](N[C@@H](C)C(=O)OC(C)(C)C)[C@@H]3Oc4c(O)ccc5c4[C@@]31CCN(C)[C@@H]2C5. The number of likely N-dealkylation sites (tertiary alicyclic amines) is 1. The number of rotatable bonds is 4. The van der Waals surface area contributed by atoms with E-state index < -0.39 is 11.6 Å². The Kier molecular flexibility index (Phi) is 4.87. The number of ether oxygens (including phenoxy) is 3. The molecule has 2 heterocycles. The number of carbonyl (C=O) groups is 1. The molecule has 0 amide bonds. The van der Waals surface area contributed by atoms with Crippen molar-refractivity contribution in [1.29, 1.82) is 0 Å². The molecule has 32 heavy (non-hydrogen) atoms. The lowest BCUT2D eigenvalue weighted by molar-refractivity contribution is -0.204. The molecule has 2 aliphatic heterocycles. The Morgan fingerprint density at radius 2 is 2.09 bits per heavy atom. The number of hydrogen-bond donors (Lipinski definition) is 2. The van der Waals surface area contributed by atoms with Gasteiger partial charge >= 0.3 is 5.97 Å². The minimum Gasteiger partial charge on any atom is -0.504 e. The number of methoxy groups -OCH3 is 1. The quantitative estimate of drug-likeness (QED) is 0.691. The van der Waals surface area contributed by atoms with Crippen LogP contribution in [0.15, 0.2) is 12.1 Å². The van der Waals surface area contributed by atoms with Crippen molar-refractivity contribution in [3.63, 3.8) is 0 Å². The molecule has 1 aromatic carbocycles. The van der Waals surface area contributed by atoms with Crippen molar-refractivity contribution in [3.05, 3.63) is 23.3 Å². The van der Waals surface area contributed by atoms with Crippen LogP contribution >= 0.6 is 0 Å². The molecule has 1 aromatic rings. The second-order valence-corrected chi connectivity index (χ2v) is 11.1. The summed E-state index contributed by atoms with van der Waals surface area (Å²) in [6, 6.07) is 3.54. The second kappa shape index (κ2) is 7.08. The predicted molar refractivity (Wildman–Crippen MR) is 120 cm³/mol. The van der Waals surface area contributed by atoms with Crippen LogP contribution in [0.5, 0.6) is 11.5 Å². The van der Waals surface area contributed by atoms with Gasteiger partial charge in [0.2, 0.25) is 0 Å². The number of likely N-dealkylation sites (N-methyl/N-ethyl adjacent to an activating group) is 1. The summed E-state index contributed by atoms with van der Waals surface area (Å²) in [5, 5.41) is 14.3. The van der Waals surface area contributed by atoms with E-state index in [-0.39, 0.29) is 40.9 Å². The number of esters is 1. The lowest BCUT2D eigenvalue weighted by atomic mass is 9.48. The van der Waals surface area contributed by atoms with Gasteiger partial charge in [-0.3, -0.25) is 10.1 Å². The Bertz CT molecular complexity index is 943. The smallest absolute Gasteiger partial charge is 0.323 e. The van der Waals surface area contributed by atoms with Gasteiger partial charge in [-0.25, -0.2) is 0 Å². The first-order chi connectivity index (χ1) is 15.0. The lowest BCUT2D eigenvalue weighted by Gasteiger charge is -2.65. The van der Waals surface area contributed by atoms with Crippen LogP contribution in [-0.4, -0.2) is 72.1 Å². The zero-order valence-electron chi connectivity index (χ0n) is 20.0. The van der Waals surface area contributed by atoms with Crippen molar-refractivity contribution >= 4 is 5.97 Å². The van der Waals surface area contributed by atoms with Crippen LogP contribution in [0.2, 0.25) is 0 Å². The second-order valence-electron chi connectivity index (χ2n) is 11.1. The standard InChI is InChI=1S/C25H36N2O5/c1-14(22(29)32-23(2,3)4)26-16-9-10-25(30-6)18-13-15-7-8-17(28)20-19(15)24(25,21(16)31-20)11-12-27(18)5/h7-8,14,16,18,21,26,28H,9-13H2,1-6H3/t14-,16-,18+,21-,24-,25+/m0/s1. The van der Waals surface area contributed by atoms with E-state index in [0.29, 0.717) is 5.75 Å². The van der Waals surface area contributed by atoms with E-state index in [0.717, 1.165) is 37.8 Å². The maximum absolute atomic E-state index is 12.7. The normalized spacial score (nSPS) is 36.2. The van der Waals surface area contributed by atoms with Crippen LogP contribution in [-0.2, 0) is 26.1 Å². The van der Waals surface area contributed by atoms with Gasteiger partial charge in [-0.05, 0) is 78.6 Å². The number of piperidine rings is 1. The zero-order valence-corrected chi connectivity index (χ0v) is 20.0. The van der Waals surface area contributed by atoms with E-state index in [1.807, 2.05) is 40.9 Å². The number of aromatic hydroxyl groups is 1. The average Bonchev–Trinajstić information content (AvgIpc) is 3.08. The van der Waals surface area contributed by atoms with Crippen molar-refractivity contribution in [2.24, 2.45) is 0 Å². The molecule has 7 nitrogen and oxygen atoms in total. The minimum atomic E-state index is -0.533. The third kappa shape index (κ3) is 2.80. The number of phenols is 1. The molecule has 0 radical (unpaired) electrons. The third-order valence-electron chi connectivity index (χ3n) is 8.28. The molecule has 0 aromatic heterocycles. The predicted octanol–water partition coefficient (Wildman–Crippen LogP) is 2.52. The lowest BCUT2D eigenvalue weighted by Crippen LogP contribution is -2.78. The summed E-state index contributed by atoms with van der Waals surface area (Å²) in [5.41, 5.74) is 1.10. The van der Waals surface area contributed by atoms with Crippen LogP contribution in [0.4, 0.5) is 0 Å². The highest BCUT2D eigenvalue weighted by Crippen LogP contribution is 2.66. The van der Waals surface area contributed by atoms with Crippen molar-refractivity contribution < 1.29 is 24.1 Å². The Morgan fingerprint density at radius 3 is 2.78 bits per heavy atom. The summed E-state index contributed by atoms with van der Waals surface area (Å²) >= 11 is 0. The minimum absolute atomic E-state index is 0.0531. The van der Waals surface area contributed by atoms with Crippen molar-refractivity contribution in [2.75, 3.05) is 20.7 Å². The monoisotopic (exact) mass is 444 g/mol. The Hall–Kier alpha value is -1.83. The fourth-order valence-corrected chi connectivity index (χ4v) is 7.09. The van der Waals surface area contributed by atoms with E-state index in [4.69, 9.17) is 14.2 Å². The molecule has 2 aliphatic carbocycles. The molecular weight excluding hydrogens is 408 g/mol. The van der Waals surface area contributed by atoms with E-state index in [2.05, 4.69) is 17.3 Å². The highest BCUT2D eigenvalue weighted by molar-refractivity contribution is 5.75. The molecule has 2 fully saturated rings. The van der Waals surface area contributed by atoms with Gasteiger partial charge in [0, 0.05) is 24.8 Å². The van der Waals surface area contributed by atoms with Crippen LogP contribution in [0.1, 0.15) is 58.1 Å². The number of benzene rings is 1. The van der Waals surface area contributed by atoms with Crippen LogP contribution in [0.3, 0.4) is 0 Å². The molecule has 7 heteroatoms. The summed E-state index contributed by atoms with van der Waals surface area (Å²) in [7, 11) is 4.01. The van der Waals surface area contributed by atoms with Gasteiger partial charge in [-0.15, -0.1) is 0 Å². The number of hydrogen-bond acceptors (Lipinski definition) is 7. The van der Waals surface area contributed by atoms with Gasteiger partial charge in [0.05, 0.1) is 11.0 Å². The number of phenolic OH excluding ortho intramolecular Hbond substituents is 1. The van der Waals surface area contributed by atoms with E-state index in [1.165, 1.54) is 5.56 Å². The van der Waals surface area contributed by atoms with Crippen LogP contribution < -0.4 is 10.1 Å². The summed E-state index contributed by atoms with van der Waals surface area (Å²) < 4.78 is 18.7. The average molecular weight is 445 g/mol.